The molecule has 0 unspecified atom stereocenters. The van der Waals surface area contributed by atoms with Crippen molar-refractivity contribution in [3.8, 4) is 0 Å². The van der Waals surface area contributed by atoms with Crippen LogP contribution in [0.2, 0.25) is 0 Å². The number of hydrogen-bond acceptors (Lipinski definition) is 3. The SMILES string of the molecule is CCc1ccc(S(=O)(=O)OC(C)C)cc1. The van der Waals surface area contributed by atoms with Gasteiger partial charge in [-0.25, -0.2) is 0 Å². The third-order valence-corrected chi connectivity index (χ3v) is 3.43. The summed E-state index contributed by atoms with van der Waals surface area (Å²) < 4.78 is 28.1. The summed E-state index contributed by atoms with van der Waals surface area (Å²) in [6.07, 6.45) is 0.562. The van der Waals surface area contributed by atoms with Gasteiger partial charge >= 0.3 is 0 Å². The number of hydrogen-bond donors (Lipinski definition) is 0. The predicted octanol–water partition coefficient (Wildman–Crippen LogP) is 2.36. The largest absolute Gasteiger partial charge is 0.297 e. The lowest BCUT2D eigenvalue weighted by molar-refractivity contribution is 0.249. The van der Waals surface area contributed by atoms with Crippen molar-refractivity contribution in [1.82, 2.24) is 0 Å². The summed E-state index contributed by atoms with van der Waals surface area (Å²) in [4.78, 5) is 0.216. The molecule has 1 rings (SSSR count). The van der Waals surface area contributed by atoms with Crippen molar-refractivity contribution in [2.75, 3.05) is 0 Å². The van der Waals surface area contributed by atoms with Gasteiger partial charge in [0.1, 0.15) is 0 Å². The topological polar surface area (TPSA) is 43.4 Å². The van der Waals surface area contributed by atoms with Gasteiger partial charge in [-0.2, -0.15) is 8.42 Å². The molecule has 0 aromatic heterocycles. The van der Waals surface area contributed by atoms with E-state index in [2.05, 4.69) is 0 Å². The van der Waals surface area contributed by atoms with E-state index in [1.54, 1.807) is 38.1 Å². The molecule has 0 amide bonds. The highest BCUT2D eigenvalue weighted by atomic mass is 32.2. The molecule has 0 aliphatic heterocycles. The third kappa shape index (κ3) is 3.32. The van der Waals surface area contributed by atoms with E-state index in [1.807, 2.05) is 6.92 Å². The Morgan fingerprint density at radius 1 is 1.20 bits per heavy atom. The Morgan fingerprint density at radius 2 is 1.73 bits per heavy atom. The molecule has 4 heteroatoms. The first kappa shape index (κ1) is 12.2. The Bertz CT molecular complexity index is 404. The second-order valence-electron chi connectivity index (χ2n) is 3.60. The standard InChI is InChI=1S/C11H16O3S/c1-4-10-5-7-11(8-6-10)15(12,13)14-9(2)3/h5-9H,4H2,1-3H3. The predicted molar refractivity (Wildman–Crippen MR) is 59.2 cm³/mol. The van der Waals surface area contributed by atoms with E-state index in [9.17, 15) is 8.42 Å². The smallest absolute Gasteiger partial charge is 0.264 e. The van der Waals surface area contributed by atoms with Gasteiger partial charge in [0.15, 0.2) is 0 Å². The van der Waals surface area contributed by atoms with Gasteiger partial charge in [-0.05, 0) is 38.0 Å². The molecule has 84 valence electrons. The first-order valence-corrected chi connectivity index (χ1v) is 6.38. The molecule has 1 aromatic carbocycles. The van der Waals surface area contributed by atoms with Crippen LogP contribution < -0.4 is 0 Å². The molecule has 0 N–H and O–H groups in total. The average Bonchev–Trinajstić information content (AvgIpc) is 2.16. The Hall–Kier alpha value is -0.870. The highest BCUT2D eigenvalue weighted by molar-refractivity contribution is 7.86. The minimum Gasteiger partial charge on any atom is -0.264 e. The molecule has 0 bridgehead atoms. The molecule has 0 saturated heterocycles. The molecule has 15 heavy (non-hydrogen) atoms. The van der Waals surface area contributed by atoms with Gasteiger partial charge in [0.05, 0.1) is 11.0 Å². The summed E-state index contributed by atoms with van der Waals surface area (Å²) in [7, 11) is -3.58. The fraction of sp³-hybridized carbons (Fsp3) is 0.455. The molecule has 0 spiro atoms. The molecule has 0 radical (unpaired) electrons. The lowest BCUT2D eigenvalue weighted by Crippen LogP contribution is -2.12. The van der Waals surface area contributed by atoms with Crippen LogP contribution in [0.1, 0.15) is 26.3 Å². The summed E-state index contributed by atoms with van der Waals surface area (Å²) >= 11 is 0. The van der Waals surface area contributed by atoms with Gasteiger partial charge in [-0.1, -0.05) is 19.1 Å². The second kappa shape index (κ2) is 4.77. The van der Waals surface area contributed by atoms with Crippen LogP contribution in [-0.2, 0) is 20.7 Å². The van der Waals surface area contributed by atoms with Crippen LogP contribution in [-0.4, -0.2) is 14.5 Å². The monoisotopic (exact) mass is 228 g/mol. The fourth-order valence-corrected chi connectivity index (χ4v) is 2.29. The van der Waals surface area contributed by atoms with Crippen molar-refractivity contribution in [1.29, 1.82) is 0 Å². The summed E-state index contributed by atoms with van der Waals surface area (Å²) in [5.41, 5.74) is 1.11. The number of benzene rings is 1. The van der Waals surface area contributed by atoms with E-state index < -0.39 is 10.1 Å². The van der Waals surface area contributed by atoms with E-state index in [-0.39, 0.29) is 11.0 Å². The zero-order valence-corrected chi connectivity index (χ0v) is 10.0. The van der Waals surface area contributed by atoms with Crippen molar-refractivity contribution >= 4 is 10.1 Å². The Morgan fingerprint density at radius 3 is 2.13 bits per heavy atom. The molecule has 0 fully saturated rings. The maximum atomic E-state index is 11.6. The quantitative estimate of drug-likeness (QED) is 0.743. The van der Waals surface area contributed by atoms with E-state index in [4.69, 9.17) is 4.18 Å². The summed E-state index contributed by atoms with van der Waals surface area (Å²) in [5, 5.41) is 0. The molecule has 0 atom stereocenters. The van der Waals surface area contributed by atoms with Gasteiger partial charge in [0.25, 0.3) is 10.1 Å². The minimum atomic E-state index is -3.58. The lowest BCUT2D eigenvalue weighted by atomic mass is 10.2. The number of aryl methyl sites for hydroxylation is 1. The molecule has 0 saturated carbocycles. The van der Waals surface area contributed by atoms with Crippen molar-refractivity contribution in [2.24, 2.45) is 0 Å². The van der Waals surface area contributed by atoms with E-state index in [0.29, 0.717) is 0 Å². The van der Waals surface area contributed by atoms with Gasteiger partial charge < -0.3 is 0 Å². The first-order chi connectivity index (χ1) is 6.95. The van der Waals surface area contributed by atoms with Crippen LogP contribution >= 0.6 is 0 Å². The van der Waals surface area contributed by atoms with Crippen LogP contribution in [0.25, 0.3) is 0 Å². The zero-order chi connectivity index (χ0) is 11.5. The van der Waals surface area contributed by atoms with Crippen molar-refractivity contribution in [2.45, 2.75) is 38.2 Å². The highest BCUT2D eigenvalue weighted by Gasteiger charge is 2.16. The molecular formula is C11H16O3S. The molecule has 0 aliphatic carbocycles. The molecule has 1 aromatic rings. The van der Waals surface area contributed by atoms with Crippen molar-refractivity contribution in [3.63, 3.8) is 0 Å². The van der Waals surface area contributed by atoms with Gasteiger partial charge in [-0.3, -0.25) is 4.18 Å². The van der Waals surface area contributed by atoms with Crippen molar-refractivity contribution in [3.05, 3.63) is 29.8 Å². The average molecular weight is 228 g/mol. The molecular weight excluding hydrogens is 212 g/mol. The normalized spacial score (nSPS) is 12.0. The molecule has 0 aliphatic rings. The summed E-state index contributed by atoms with van der Waals surface area (Å²) in [6.45, 7) is 5.41. The van der Waals surface area contributed by atoms with E-state index in [1.165, 1.54) is 0 Å². The van der Waals surface area contributed by atoms with Gasteiger partial charge in [0, 0.05) is 0 Å². The minimum absolute atomic E-state index is 0.216. The highest BCUT2D eigenvalue weighted by Crippen LogP contribution is 2.15. The Kier molecular flexibility index (Phi) is 3.88. The second-order valence-corrected chi connectivity index (χ2v) is 5.17. The van der Waals surface area contributed by atoms with E-state index >= 15 is 0 Å². The van der Waals surface area contributed by atoms with Crippen LogP contribution in [0.15, 0.2) is 29.2 Å². The summed E-state index contributed by atoms with van der Waals surface area (Å²) in [6, 6.07) is 6.76. The molecule has 3 nitrogen and oxygen atoms in total. The third-order valence-electron chi connectivity index (χ3n) is 1.94. The van der Waals surface area contributed by atoms with Crippen LogP contribution in [0.4, 0.5) is 0 Å². The van der Waals surface area contributed by atoms with Crippen LogP contribution in [0.5, 0.6) is 0 Å². The van der Waals surface area contributed by atoms with Crippen LogP contribution in [0, 0.1) is 0 Å². The zero-order valence-electron chi connectivity index (χ0n) is 9.23. The Balaban J connectivity index is 2.96. The summed E-state index contributed by atoms with van der Waals surface area (Å²) in [5.74, 6) is 0. The Labute approximate surface area is 91.2 Å². The number of rotatable bonds is 4. The van der Waals surface area contributed by atoms with Gasteiger partial charge in [0.2, 0.25) is 0 Å². The first-order valence-electron chi connectivity index (χ1n) is 4.98. The lowest BCUT2D eigenvalue weighted by Gasteiger charge is -2.08. The van der Waals surface area contributed by atoms with E-state index in [0.717, 1.165) is 12.0 Å². The van der Waals surface area contributed by atoms with Gasteiger partial charge in [-0.15, -0.1) is 0 Å². The maximum Gasteiger partial charge on any atom is 0.297 e. The van der Waals surface area contributed by atoms with Crippen molar-refractivity contribution < 1.29 is 12.6 Å². The fourth-order valence-electron chi connectivity index (χ4n) is 1.20. The van der Waals surface area contributed by atoms with Crippen LogP contribution in [0.3, 0.4) is 0 Å². The molecule has 0 heterocycles. The maximum absolute atomic E-state index is 11.6.